The highest BCUT2D eigenvalue weighted by molar-refractivity contribution is 7.92. The molecule has 0 radical (unpaired) electrons. The van der Waals surface area contributed by atoms with Crippen molar-refractivity contribution in [3.8, 4) is 0 Å². The number of hydrogen-bond acceptors (Lipinski definition) is 3. The summed E-state index contributed by atoms with van der Waals surface area (Å²) in [5, 5.41) is 2.73. The Labute approximate surface area is 117 Å². The summed E-state index contributed by atoms with van der Waals surface area (Å²) in [6, 6.07) is 7.89. The lowest BCUT2D eigenvalue weighted by Gasteiger charge is -2.24. The van der Waals surface area contributed by atoms with Gasteiger partial charge in [-0.2, -0.15) is 0 Å². The number of rotatable bonds is 7. The summed E-state index contributed by atoms with van der Waals surface area (Å²) in [5.74, 6) is 0.273. The molecule has 0 saturated carbocycles. The summed E-state index contributed by atoms with van der Waals surface area (Å²) in [6.45, 7) is 5.83. The Morgan fingerprint density at radius 1 is 1.21 bits per heavy atom. The average Bonchev–Trinajstić information content (AvgIpc) is 2.39. The van der Waals surface area contributed by atoms with Crippen molar-refractivity contribution in [3.63, 3.8) is 0 Å². The van der Waals surface area contributed by atoms with Gasteiger partial charge in [0.1, 0.15) is 0 Å². The lowest BCUT2D eigenvalue weighted by molar-refractivity contribution is 0.529. The Kier molecular flexibility index (Phi) is 6.01. The maximum atomic E-state index is 12.3. The van der Waals surface area contributed by atoms with Crippen LogP contribution in [0.25, 0.3) is 0 Å². The second-order valence-electron chi connectivity index (χ2n) is 5.10. The molecule has 0 aromatic heterocycles. The molecule has 4 heteroatoms. The van der Waals surface area contributed by atoms with Crippen molar-refractivity contribution < 1.29 is 8.42 Å². The molecule has 3 nitrogen and oxygen atoms in total. The van der Waals surface area contributed by atoms with E-state index in [4.69, 9.17) is 0 Å². The average molecular weight is 283 g/mol. The topological polar surface area (TPSA) is 46.2 Å². The van der Waals surface area contributed by atoms with E-state index >= 15 is 0 Å². The van der Waals surface area contributed by atoms with Gasteiger partial charge >= 0.3 is 0 Å². The molecular formula is C15H25NO2S. The van der Waals surface area contributed by atoms with Crippen LogP contribution >= 0.6 is 0 Å². The van der Waals surface area contributed by atoms with Crippen molar-refractivity contribution in [2.24, 2.45) is 0 Å². The summed E-state index contributed by atoms with van der Waals surface area (Å²) in [7, 11) is -1.24. The van der Waals surface area contributed by atoms with Gasteiger partial charge in [0.15, 0.2) is 9.84 Å². The van der Waals surface area contributed by atoms with Crippen molar-refractivity contribution in [3.05, 3.63) is 35.4 Å². The Morgan fingerprint density at radius 3 is 2.26 bits per heavy atom. The molecule has 1 aromatic carbocycles. The fourth-order valence-corrected chi connectivity index (χ4v) is 3.96. The number of hydrogen-bond donors (Lipinski definition) is 1. The number of aryl methyl sites for hydroxylation is 1. The Balaban J connectivity index is 2.93. The Morgan fingerprint density at radius 2 is 1.79 bits per heavy atom. The molecule has 0 fully saturated rings. The molecule has 108 valence electrons. The van der Waals surface area contributed by atoms with Gasteiger partial charge in [-0.1, -0.05) is 43.2 Å². The first kappa shape index (κ1) is 16.2. The van der Waals surface area contributed by atoms with Gasteiger partial charge in [-0.3, -0.25) is 0 Å². The summed E-state index contributed by atoms with van der Waals surface area (Å²) in [5.41, 5.74) is 2.21. The monoisotopic (exact) mass is 283 g/mol. The zero-order valence-corrected chi connectivity index (χ0v) is 13.1. The summed E-state index contributed by atoms with van der Waals surface area (Å²) >= 11 is 0. The maximum absolute atomic E-state index is 12.3. The molecule has 1 aromatic rings. The summed E-state index contributed by atoms with van der Waals surface area (Å²) in [6.07, 6.45) is 1.64. The molecule has 0 bridgehead atoms. The molecular weight excluding hydrogens is 258 g/mol. The quantitative estimate of drug-likeness (QED) is 0.837. The first-order chi connectivity index (χ1) is 8.92. The lowest BCUT2D eigenvalue weighted by Crippen LogP contribution is -2.34. The third kappa shape index (κ3) is 4.32. The van der Waals surface area contributed by atoms with Crippen LogP contribution in [0.15, 0.2) is 24.3 Å². The van der Waals surface area contributed by atoms with Crippen LogP contribution in [0.4, 0.5) is 0 Å². The maximum Gasteiger partial charge on any atom is 0.154 e. The molecule has 0 saturated heterocycles. The van der Waals surface area contributed by atoms with Crippen molar-refractivity contribution in [1.82, 2.24) is 5.32 Å². The fraction of sp³-hybridized carbons (Fsp3) is 0.600. The minimum Gasteiger partial charge on any atom is -0.312 e. The van der Waals surface area contributed by atoms with Crippen LogP contribution in [0.2, 0.25) is 0 Å². The van der Waals surface area contributed by atoms with Crippen LogP contribution in [0, 0.1) is 6.92 Å². The van der Waals surface area contributed by atoms with Gasteiger partial charge in [0.2, 0.25) is 0 Å². The highest BCUT2D eigenvalue weighted by atomic mass is 32.2. The second-order valence-corrected chi connectivity index (χ2v) is 7.58. The van der Waals surface area contributed by atoms with Crippen LogP contribution in [-0.4, -0.2) is 26.5 Å². The van der Waals surface area contributed by atoms with E-state index < -0.39 is 15.1 Å². The van der Waals surface area contributed by atoms with E-state index in [1.54, 1.807) is 6.92 Å². The number of benzene rings is 1. The molecule has 2 atom stereocenters. The minimum absolute atomic E-state index is 0.151. The molecule has 1 rings (SSSR count). The zero-order chi connectivity index (χ0) is 14.5. The predicted octanol–water partition coefficient (Wildman–Crippen LogP) is 2.86. The first-order valence-corrected chi connectivity index (χ1v) is 8.59. The van der Waals surface area contributed by atoms with Crippen LogP contribution < -0.4 is 5.32 Å². The molecule has 19 heavy (non-hydrogen) atoms. The van der Waals surface area contributed by atoms with Gasteiger partial charge in [0.05, 0.1) is 11.0 Å². The standard InChI is InChI=1S/C15H25NO2S/c1-5-6-11-19(17,18)13(3)15(16-4)14-9-7-12(2)8-10-14/h7-10,13,15-16H,5-6,11H2,1-4H3. The van der Waals surface area contributed by atoms with E-state index in [9.17, 15) is 8.42 Å². The normalized spacial score (nSPS) is 15.2. The van der Waals surface area contributed by atoms with Gasteiger partial charge in [0.25, 0.3) is 0 Å². The van der Waals surface area contributed by atoms with E-state index in [2.05, 4.69) is 5.32 Å². The van der Waals surface area contributed by atoms with Crippen molar-refractivity contribution in [2.45, 2.75) is 44.9 Å². The minimum atomic E-state index is -3.05. The summed E-state index contributed by atoms with van der Waals surface area (Å²) in [4.78, 5) is 0. The molecule has 0 amide bonds. The van der Waals surface area contributed by atoms with Gasteiger partial charge < -0.3 is 5.32 Å². The van der Waals surface area contributed by atoms with E-state index in [0.717, 1.165) is 18.4 Å². The highest BCUT2D eigenvalue weighted by Gasteiger charge is 2.28. The number of unbranched alkanes of at least 4 members (excludes halogenated alkanes) is 1. The Bertz CT molecular complexity index is 479. The van der Waals surface area contributed by atoms with E-state index in [1.807, 2.05) is 45.2 Å². The lowest BCUT2D eigenvalue weighted by atomic mass is 10.0. The van der Waals surface area contributed by atoms with E-state index in [-0.39, 0.29) is 11.8 Å². The largest absolute Gasteiger partial charge is 0.312 e. The Hall–Kier alpha value is -0.870. The number of sulfone groups is 1. The SMILES string of the molecule is CCCCS(=O)(=O)C(C)C(NC)c1ccc(C)cc1. The zero-order valence-electron chi connectivity index (χ0n) is 12.3. The molecule has 0 aliphatic heterocycles. The predicted molar refractivity (Wildman–Crippen MR) is 81.1 cm³/mol. The van der Waals surface area contributed by atoms with Gasteiger partial charge in [-0.15, -0.1) is 0 Å². The second kappa shape index (κ2) is 7.06. The van der Waals surface area contributed by atoms with Crippen LogP contribution in [0.1, 0.15) is 43.9 Å². The highest BCUT2D eigenvalue weighted by Crippen LogP contribution is 2.23. The van der Waals surface area contributed by atoms with Crippen LogP contribution in [0.3, 0.4) is 0 Å². The first-order valence-electron chi connectivity index (χ1n) is 6.87. The summed E-state index contributed by atoms with van der Waals surface area (Å²) < 4.78 is 24.6. The van der Waals surface area contributed by atoms with Gasteiger partial charge in [-0.25, -0.2) is 8.42 Å². The van der Waals surface area contributed by atoms with Gasteiger partial charge in [-0.05, 0) is 32.9 Å². The molecule has 0 aliphatic rings. The van der Waals surface area contributed by atoms with Gasteiger partial charge in [0, 0.05) is 6.04 Å². The molecule has 0 spiro atoms. The fourth-order valence-electron chi connectivity index (χ4n) is 2.18. The van der Waals surface area contributed by atoms with Crippen molar-refractivity contribution in [1.29, 1.82) is 0 Å². The molecule has 0 heterocycles. The molecule has 1 N–H and O–H groups in total. The third-order valence-corrected chi connectivity index (χ3v) is 5.83. The van der Waals surface area contributed by atoms with Crippen LogP contribution in [-0.2, 0) is 9.84 Å². The third-order valence-electron chi connectivity index (χ3n) is 3.57. The number of nitrogens with one attached hydrogen (secondary N) is 1. The van der Waals surface area contributed by atoms with E-state index in [0.29, 0.717) is 0 Å². The molecule has 2 unspecified atom stereocenters. The van der Waals surface area contributed by atoms with Crippen molar-refractivity contribution in [2.75, 3.05) is 12.8 Å². The van der Waals surface area contributed by atoms with Crippen LogP contribution in [0.5, 0.6) is 0 Å². The van der Waals surface area contributed by atoms with E-state index in [1.165, 1.54) is 5.56 Å². The van der Waals surface area contributed by atoms with Crippen molar-refractivity contribution >= 4 is 9.84 Å². The molecule has 0 aliphatic carbocycles. The smallest absolute Gasteiger partial charge is 0.154 e.